The highest BCUT2D eigenvalue weighted by molar-refractivity contribution is 6.43. The summed E-state index contributed by atoms with van der Waals surface area (Å²) in [4.78, 5) is 18.2. The Morgan fingerprint density at radius 1 is 1.11 bits per heavy atom. The van der Waals surface area contributed by atoms with Gasteiger partial charge in [-0.3, -0.25) is 14.7 Å². The maximum atomic E-state index is 14.2. The van der Waals surface area contributed by atoms with Crippen LogP contribution in [0.5, 0.6) is 5.75 Å². The van der Waals surface area contributed by atoms with Crippen LogP contribution in [0.1, 0.15) is 38.2 Å². The first-order valence-electron chi connectivity index (χ1n) is 12.9. The van der Waals surface area contributed by atoms with Crippen molar-refractivity contribution in [1.29, 1.82) is 0 Å². The van der Waals surface area contributed by atoms with Gasteiger partial charge in [0.25, 0.3) is 0 Å². The summed E-state index contributed by atoms with van der Waals surface area (Å²) < 4.78 is 20.3. The standard InChI is InChI=1S/C28H33FN4O2/c1-20(34)27-28(21-6-3-2-4-7-21,12-5-13-31-14-16-32(17-15-31)23-9-10-23)26-19-35-25-11-8-22(29)18-24(25)33(26)30-27/h2-4,6-8,11,18,23,26H,5,9-10,12-17,19H2,1H3/t26-,28+/m0/s1. The number of hydrogen-bond donors (Lipinski definition) is 0. The minimum atomic E-state index is -0.604. The van der Waals surface area contributed by atoms with Crippen molar-refractivity contribution in [3.63, 3.8) is 0 Å². The second-order valence-electron chi connectivity index (χ2n) is 10.3. The van der Waals surface area contributed by atoms with Gasteiger partial charge in [0.15, 0.2) is 5.78 Å². The maximum absolute atomic E-state index is 14.2. The molecule has 2 aromatic rings. The highest BCUT2D eigenvalue weighted by atomic mass is 19.1. The first-order valence-corrected chi connectivity index (χ1v) is 12.9. The van der Waals surface area contributed by atoms with E-state index in [0.29, 0.717) is 23.8 Å². The molecular weight excluding hydrogens is 443 g/mol. The van der Waals surface area contributed by atoms with Crippen LogP contribution in [0.25, 0.3) is 0 Å². The van der Waals surface area contributed by atoms with E-state index in [0.717, 1.165) is 57.2 Å². The van der Waals surface area contributed by atoms with E-state index < -0.39 is 5.41 Å². The van der Waals surface area contributed by atoms with Crippen molar-refractivity contribution in [2.24, 2.45) is 5.10 Å². The smallest absolute Gasteiger partial charge is 0.176 e. The third-order valence-electron chi connectivity index (χ3n) is 8.20. The Bertz CT molecular complexity index is 1130. The molecular formula is C28H33FN4O2. The fourth-order valence-corrected chi connectivity index (χ4v) is 6.28. The number of benzene rings is 2. The van der Waals surface area contributed by atoms with Gasteiger partial charge in [0.2, 0.25) is 0 Å². The van der Waals surface area contributed by atoms with E-state index in [1.807, 2.05) is 23.2 Å². The molecule has 6 nitrogen and oxygen atoms in total. The van der Waals surface area contributed by atoms with Gasteiger partial charge < -0.3 is 9.64 Å². The summed E-state index contributed by atoms with van der Waals surface area (Å²) in [5.74, 6) is 0.223. The van der Waals surface area contributed by atoms with Gasteiger partial charge in [-0.15, -0.1) is 0 Å². The number of fused-ring (bicyclic) bond motifs is 3. The maximum Gasteiger partial charge on any atom is 0.176 e. The predicted molar refractivity (Wildman–Crippen MR) is 135 cm³/mol. The molecule has 6 rings (SSSR count). The molecule has 2 fully saturated rings. The lowest BCUT2D eigenvalue weighted by molar-refractivity contribution is -0.111. The van der Waals surface area contributed by atoms with Gasteiger partial charge in [0.1, 0.15) is 35.6 Å². The lowest BCUT2D eigenvalue weighted by Gasteiger charge is -2.42. The molecule has 0 aromatic heterocycles. The number of carbonyl (C=O) groups is 1. The molecule has 3 aliphatic heterocycles. The molecule has 2 aromatic carbocycles. The first kappa shape index (κ1) is 22.7. The fourth-order valence-electron chi connectivity index (χ4n) is 6.28. The molecule has 2 atom stereocenters. The summed E-state index contributed by atoms with van der Waals surface area (Å²) in [5.41, 5.74) is 1.61. The van der Waals surface area contributed by atoms with Crippen LogP contribution in [0.2, 0.25) is 0 Å². The fraction of sp³-hybridized carbons (Fsp3) is 0.500. The van der Waals surface area contributed by atoms with Crippen molar-refractivity contribution < 1.29 is 13.9 Å². The normalized spacial score (nSPS) is 26.6. The number of hydrazone groups is 1. The van der Waals surface area contributed by atoms with E-state index in [4.69, 9.17) is 9.84 Å². The van der Waals surface area contributed by atoms with E-state index in [9.17, 15) is 9.18 Å². The molecule has 0 unspecified atom stereocenters. The molecule has 35 heavy (non-hydrogen) atoms. The van der Waals surface area contributed by atoms with Gasteiger partial charge in [0, 0.05) is 45.2 Å². The van der Waals surface area contributed by atoms with Crippen LogP contribution in [0.3, 0.4) is 0 Å². The lowest BCUT2D eigenvalue weighted by Crippen LogP contribution is -2.54. The number of ketones is 1. The van der Waals surface area contributed by atoms with Crippen molar-refractivity contribution in [3.8, 4) is 5.75 Å². The van der Waals surface area contributed by atoms with E-state index in [2.05, 4.69) is 21.9 Å². The molecule has 0 amide bonds. The number of anilines is 1. The van der Waals surface area contributed by atoms with Gasteiger partial charge in [-0.05, 0) is 49.9 Å². The Morgan fingerprint density at radius 2 is 1.89 bits per heavy atom. The summed E-state index contributed by atoms with van der Waals surface area (Å²) in [5, 5.41) is 6.70. The Labute approximate surface area is 206 Å². The van der Waals surface area contributed by atoms with Crippen LogP contribution in [0.4, 0.5) is 10.1 Å². The molecule has 4 aliphatic rings. The summed E-state index contributed by atoms with van der Waals surface area (Å²) in [6.45, 7) is 7.51. The van der Waals surface area contributed by atoms with Gasteiger partial charge in [-0.25, -0.2) is 4.39 Å². The van der Waals surface area contributed by atoms with E-state index in [-0.39, 0.29) is 17.6 Å². The van der Waals surface area contributed by atoms with Gasteiger partial charge in [0.05, 0.1) is 5.41 Å². The number of rotatable bonds is 7. The van der Waals surface area contributed by atoms with Crippen molar-refractivity contribution in [3.05, 3.63) is 59.9 Å². The van der Waals surface area contributed by atoms with Crippen molar-refractivity contribution in [1.82, 2.24) is 9.80 Å². The summed E-state index contributed by atoms with van der Waals surface area (Å²) in [6.07, 6.45) is 4.46. The quantitative estimate of drug-likeness (QED) is 0.608. The second kappa shape index (κ2) is 9.03. The zero-order valence-electron chi connectivity index (χ0n) is 20.3. The van der Waals surface area contributed by atoms with E-state index in [1.165, 1.54) is 25.0 Å². The number of carbonyl (C=O) groups excluding carboxylic acids is 1. The SMILES string of the molecule is CC(=O)C1=NN2c3cc(F)ccc3OC[C@H]2[C@@]1(CCCN1CCN(C2CC2)CC1)c1ccccc1. The predicted octanol–water partition coefficient (Wildman–Crippen LogP) is 3.85. The molecule has 0 N–H and O–H groups in total. The van der Waals surface area contributed by atoms with Crippen LogP contribution >= 0.6 is 0 Å². The van der Waals surface area contributed by atoms with Crippen molar-refractivity contribution >= 4 is 17.2 Å². The van der Waals surface area contributed by atoms with Crippen LogP contribution in [-0.4, -0.2) is 72.7 Å². The summed E-state index contributed by atoms with van der Waals surface area (Å²) >= 11 is 0. The van der Waals surface area contributed by atoms with E-state index in [1.54, 1.807) is 13.0 Å². The molecule has 1 saturated carbocycles. The second-order valence-corrected chi connectivity index (χ2v) is 10.3. The van der Waals surface area contributed by atoms with Gasteiger partial charge >= 0.3 is 0 Å². The Kier molecular flexibility index (Phi) is 5.85. The number of nitrogens with zero attached hydrogens (tertiary/aromatic N) is 4. The molecule has 0 radical (unpaired) electrons. The number of ether oxygens (including phenoxy) is 1. The minimum Gasteiger partial charge on any atom is -0.489 e. The highest BCUT2D eigenvalue weighted by Gasteiger charge is 2.55. The highest BCUT2D eigenvalue weighted by Crippen LogP contribution is 2.48. The van der Waals surface area contributed by atoms with Crippen LogP contribution in [0.15, 0.2) is 53.6 Å². The first-order chi connectivity index (χ1) is 17.1. The van der Waals surface area contributed by atoms with Gasteiger partial charge in [-0.2, -0.15) is 5.10 Å². The van der Waals surface area contributed by atoms with Crippen LogP contribution in [-0.2, 0) is 10.2 Å². The Morgan fingerprint density at radius 3 is 2.60 bits per heavy atom. The van der Waals surface area contributed by atoms with E-state index >= 15 is 0 Å². The zero-order valence-corrected chi connectivity index (χ0v) is 20.3. The number of piperazine rings is 1. The lowest BCUT2D eigenvalue weighted by atomic mass is 9.67. The molecule has 184 valence electrons. The monoisotopic (exact) mass is 476 g/mol. The molecule has 3 heterocycles. The van der Waals surface area contributed by atoms with Crippen LogP contribution in [0, 0.1) is 5.82 Å². The summed E-state index contributed by atoms with van der Waals surface area (Å²) in [7, 11) is 0. The number of hydrogen-bond acceptors (Lipinski definition) is 6. The zero-order chi connectivity index (χ0) is 24.0. The number of halogens is 1. The minimum absolute atomic E-state index is 0.0424. The third-order valence-corrected chi connectivity index (χ3v) is 8.20. The molecule has 1 saturated heterocycles. The molecule has 7 heteroatoms. The Balaban J connectivity index is 1.29. The molecule has 0 bridgehead atoms. The van der Waals surface area contributed by atoms with Crippen LogP contribution < -0.4 is 9.75 Å². The van der Waals surface area contributed by atoms with Crippen molar-refractivity contribution in [2.45, 2.75) is 50.1 Å². The topological polar surface area (TPSA) is 48.4 Å². The molecule has 1 aliphatic carbocycles. The average Bonchev–Trinajstić information content (AvgIpc) is 3.67. The van der Waals surface area contributed by atoms with Gasteiger partial charge in [-0.1, -0.05) is 30.3 Å². The largest absolute Gasteiger partial charge is 0.489 e. The van der Waals surface area contributed by atoms with Crippen molar-refractivity contribution in [2.75, 3.05) is 44.3 Å². The number of Topliss-reactive ketones (excluding diaryl/α,β-unsaturated/α-hetero) is 1. The average molecular weight is 477 g/mol. The summed E-state index contributed by atoms with van der Waals surface area (Å²) in [6, 6.07) is 15.4. The third kappa shape index (κ3) is 4.04. The Hall–Kier alpha value is -2.77. The molecule has 0 spiro atoms.